The van der Waals surface area contributed by atoms with Gasteiger partial charge in [-0.15, -0.1) is 11.3 Å². The number of piperidine rings is 1. The Morgan fingerprint density at radius 1 is 1.33 bits per heavy atom. The summed E-state index contributed by atoms with van der Waals surface area (Å²) < 4.78 is 0. The molecule has 2 fully saturated rings. The molecule has 4 rings (SSSR count). The predicted octanol–water partition coefficient (Wildman–Crippen LogP) is 2.15. The van der Waals surface area contributed by atoms with Gasteiger partial charge < -0.3 is 10.6 Å². The minimum atomic E-state index is -0.0691. The quantitative estimate of drug-likeness (QED) is 0.813. The molecule has 6 heteroatoms. The molecule has 5 nitrogen and oxygen atoms in total. The van der Waals surface area contributed by atoms with E-state index in [1.54, 1.807) is 11.3 Å². The number of aromatic nitrogens is 2. The molecular weight excluding hydrogens is 284 g/mol. The van der Waals surface area contributed by atoms with Gasteiger partial charge >= 0.3 is 0 Å². The average Bonchev–Trinajstić information content (AvgIpc) is 3.18. The molecule has 0 aromatic carbocycles. The summed E-state index contributed by atoms with van der Waals surface area (Å²) in [7, 11) is 0. The van der Waals surface area contributed by atoms with Crippen LogP contribution in [0.4, 0.5) is 0 Å². The van der Waals surface area contributed by atoms with Crippen molar-refractivity contribution in [3.05, 3.63) is 29.3 Å². The zero-order valence-electron chi connectivity index (χ0n) is 11.6. The number of carbonyl (C=O) groups is 1. The first-order valence-electron chi connectivity index (χ1n) is 7.44. The van der Waals surface area contributed by atoms with Gasteiger partial charge in [-0.25, -0.2) is 0 Å². The molecule has 2 bridgehead atoms. The summed E-state index contributed by atoms with van der Waals surface area (Å²) in [6.07, 6.45) is 4.54. The molecule has 2 aromatic rings. The van der Waals surface area contributed by atoms with E-state index < -0.39 is 0 Å². The van der Waals surface area contributed by atoms with Gasteiger partial charge in [-0.1, -0.05) is 6.07 Å². The van der Waals surface area contributed by atoms with Crippen molar-refractivity contribution in [2.45, 2.75) is 43.8 Å². The van der Waals surface area contributed by atoms with E-state index in [1.165, 1.54) is 12.8 Å². The van der Waals surface area contributed by atoms with Crippen LogP contribution in [-0.4, -0.2) is 34.2 Å². The molecule has 21 heavy (non-hydrogen) atoms. The number of hydrogen-bond donors (Lipinski definition) is 3. The summed E-state index contributed by atoms with van der Waals surface area (Å²) in [6, 6.07) is 7.27. The summed E-state index contributed by atoms with van der Waals surface area (Å²) in [6.45, 7) is 0. The third-order valence-corrected chi connectivity index (χ3v) is 5.31. The molecule has 0 aliphatic carbocycles. The number of hydrogen-bond acceptors (Lipinski definition) is 4. The summed E-state index contributed by atoms with van der Waals surface area (Å²) in [5.41, 5.74) is 1.38. The number of aromatic amines is 1. The lowest BCUT2D eigenvalue weighted by Crippen LogP contribution is -2.48. The van der Waals surface area contributed by atoms with Crippen LogP contribution >= 0.6 is 11.3 Å². The zero-order valence-corrected chi connectivity index (χ0v) is 12.5. The molecule has 2 aliphatic rings. The SMILES string of the molecule is O=C(NC1CC2CCC(C1)N2)c1cc(-c2cccs2)[nH]n1. The van der Waals surface area contributed by atoms with Crippen molar-refractivity contribution in [2.24, 2.45) is 0 Å². The number of thiophene rings is 1. The smallest absolute Gasteiger partial charge is 0.272 e. The van der Waals surface area contributed by atoms with Crippen molar-refractivity contribution < 1.29 is 4.79 Å². The number of carbonyl (C=O) groups excluding carboxylic acids is 1. The van der Waals surface area contributed by atoms with Gasteiger partial charge in [0.2, 0.25) is 0 Å². The van der Waals surface area contributed by atoms with Crippen LogP contribution in [0.15, 0.2) is 23.6 Å². The largest absolute Gasteiger partial charge is 0.348 e. The van der Waals surface area contributed by atoms with E-state index in [0.29, 0.717) is 17.8 Å². The summed E-state index contributed by atoms with van der Waals surface area (Å²) in [4.78, 5) is 13.4. The standard InChI is InChI=1S/C15H18N4OS/c20-15(17-11-6-9-3-4-10(7-11)16-9)13-8-12(18-19-13)14-2-1-5-21-14/h1-2,5,8-11,16H,3-4,6-7H2,(H,17,20)(H,18,19). The Morgan fingerprint density at radius 3 is 2.86 bits per heavy atom. The van der Waals surface area contributed by atoms with Crippen molar-refractivity contribution in [1.82, 2.24) is 20.8 Å². The van der Waals surface area contributed by atoms with Gasteiger partial charge in [0.1, 0.15) is 0 Å². The monoisotopic (exact) mass is 302 g/mol. The normalized spacial score (nSPS) is 27.7. The van der Waals surface area contributed by atoms with Gasteiger partial charge in [-0.3, -0.25) is 9.89 Å². The van der Waals surface area contributed by atoms with E-state index in [9.17, 15) is 4.79 Å². The summed E-state index contributed by atoms with van der Waals surface area (Å²) in [5.74, 6) is -0.0691. The van der Waals surface area contributed by atoms with Crippen molar-refractivity contribution in [3.63, 3.8) is 0 Å². The highest BCUT2D eigenvalue weighted by molar-refractivity contribution is 7.13. The fourth-order valence-corrected chi connectivity index (χ4v) is 4.12. The number of nitrogens with one attached hydrogen (secondary N) is 3. The number of amides is 1. The Morgan fingerprint density at radius 2 is 2.14 bits per heavy atom. The minimum Gasteiger partial charge on any atom is -0.348 e. The van der Waals surface area contributed by atoms with Crippen LogP contribution in [0.1, 0.15) is 36.2 Å². The first kappa shape index (κ1) is 13.0. The Balaban J connectivity index is 1.43. The molecule has 2 aliphatic heterocycles. The van der Waals surface area contributed by atoms with Crippen molar-refractivity contribution in [3.8, 4) is 10.6 Å². The van der Waals surface area contributed by atoms with Gasteiger partial charge in [0.25, 0.3) is 5.91 Å². The van der Waals surface area contributed by atoms with Crippen LogP contribution in [0, 0.1) is 0 Å². The maximum Gasteiger partial charge on any atom is 0.272 e. The van der Waals surface area contributed by atoms with Gasteiger partial charge in [0.15, 0.2) is 5.69 Å². The highest BCUT2D eigenvalue weighted by Gasteiger charge is 2.34. The van der Waals surface area contributed by atoms with Gasteiger partial charge in [-0.05, 0) is 43.2 Å². The van der Waals surface area contributed by atoms with Crippen LogP contribution in [-0.2, 0) is 0 Å². The molecule has 2 saturated heterocycles. The Labute approximate surface area is 127 Å². The second kappa shape index (κ2) is 5.27. The second-order valence-electron chi connectivity index (χ2n) is 5.92. The lowest BCUT2D eigenvalue weighted by Gasteiger charge is -2.29. The first-order valence-corrected chi connectivity index (χ1v) is 8.32. The first-order chi connectivity index (χ1) is 10.3. The van der Waals surface area contributed by atoms with Crippen LogP contribution in [0.2, 0.25) is 0 Å². The molecular formula is C15H18N4OS. The van der Waals surface area contributed by atoms with Crippen molar-refractivity contribution in [1.29, 1.82) is 0 Å². The highest BCUT2D eigenvalue weighted by atomic mass is 32.1. The van der Waals surface area contributed by atoms with E-state index >= 15 is 0 Å². The van der Waals surface area contributed by atoms with Gasteiger partial charge in [0.05, 0.1) is 10.6 Å². The molecule has 0 saturated carbocycles. The topological polar surface area (TPSA) is 69.8 Å². The Bertz CT molecular complexity index is 624. The maximum atomic E-state index is 12.3. The molecule has 4 heterocycles. The van der Waals surface area contributed by atoms with E-state index in [0.717, 1.165) is 23.4 Å². The van der Waals surface area contributed by atoms with E-state index in [1.807, 2.05) is 23.6 Å². The van der Waals surface area contributed by atoms with E-state index in [4.69, 9.17) is 0 Å². The zero-order chi connectivity index (χ0) is 14.2. The molecule has 1 amide bonds. The molecule has 2 unspecified atom stereocenters. The molecule has 2 aromatic heterocycles. The Hall–Kier alpha value is -1.66. The van der Waals surface area contributed by atoms with Crippen LogP contribution in [0.25, 0.3) is 10.6 Å². The Kier molecular flexibility index (Phi) is 3.27. The minimum absolute atomic E-state index is 0.0691. The lowest BCUT2D eigenvalue weighted by atomic mass is 10.00. The van der Waals surface area contributed by atoms with Crippen molar-refractivity contribution >= 4 is 17.2 Å². The summed E-state index contributed by atoms with van der Waals surface area (Å²) in [5, 5.41) is 15.8. The van der Waals surface area contributed by atoms with Crippen molar-refractivity contribution in [2.75, 3.05) is 0 Å². The summed E-state index contributed by atoms with van der Waals surface area (Å²) >= 11 is 1.63. The number of fused-ring (bicyclic) bond motifs is 2. The van der Waals surface area contributed by atoms with E-state index in [2.05, 4.69) is 20.8 Å². The van der Waals surface area contributed by atoms with Crippen LogP contribution in [0.3, 0.4) is 0 Å². The van der Waals surface area contributed by atoms with Crippen LogP contribution < -0.4 is 10.6 Å². The molecule has 0 spiro atoms. The number of nitrogens with zero attached hydrogens (tertiary/aromatic N) is 1. The molecule has 3 N–H and O–H groups in total. The second-order valence-corrected chi connectivity index (χ2v) is 6.87. The third-order valence-electron chi connectivity index (χ3n) is 4.41. The predicted molar refractivity (Wildman–Crippen MR) is 82.3 cm³/mol. The van der Waals surface area contributed by atoms with E-state index in [-0.39, 0.29) is 11.9 Å². The molecule has 110 valence electrons. The number of H-pyrrole nitrogens is 1. The molecule has 0 radical (unpaired) electrons. The molecule has 2 atom stereocenters. The van der Waals surface area contributed by atoms with Gasteiger partial charge in [0, 0.05) is 18.1 Å². The average molecular weight is 302 g/mol. The fourth-order valence-electron chi connectivity index (χ4n) is 3.43. The van der Waals surface area contributed by atoms with Gasteiger partial charge in [-0.2, -0.15) is 5.10 Å². The number of rotatable bonds is 3. The highest BCUT2D eigenvalue weighted by Crippen LogP contribution is 2.27. The van der Waals surface area contributed by atoms with Crippen LogP contribution in [0.5, 0.6) is 0 Å². The fraction of sp³-hybridized carbons (Fsp3) is 0.467. The maximum absolute atomic E-state index is 12.3. The third kappa shape index (κ3) is 2.61. The lowest BCUT2D eigenvalue weighted by molar-refractivity contribution is 0.0919.